The molecule has 0 saturated carbocycles. The lowest BCUT2D eigenvalue weighted by atomic mass is 10.2. The first-order valence-electron chi connectivity index (χ1n) is 4.77. The van der Waals surface area contributed by atoms with Crippen LogP contribution in [0, 0.1) is 0 Å². The molecular weight excluding hydrogens is 296 g/mol. The summed E-state index contributed by atoms with van der Waals surface area (Å²) in [4.78, 5) is 32.9. The topological polar surface area (TPSA) is 78.9 Å². The van der Waals surface area contributed by atoms with Crippen LogP contribution in [0.3, 0.4) is 0 Å². The van der Waals surface area contributed by atoms with Gasteiger partial charge in [-0.3, -0.25) is 14.4 Å². The van der Waals surface area contributed by atoms with Gasteiger partial charge in [0.2, 0.25) is 5.78 Å². The molecular formula is C10H11BrO6. The highest BCUT2D eigenvalue weighted by molar-refractivity contribution is 9.09. The molecule has 17 heavy (non-hydrogen) atoms. The molecule has 1 heterocycles. The van der Waals surface area contributed by atoms with Crippen molar-refractivity contribution in [2.24, 2.45) is 0 Å². The van der Waals surface area contributed by atoms with Crippen LogP contribution < -0.4 is 0 Å². The van der Waals surface area contributed by atoms with Crippen LogP contribution in [-0.4, -0.2) is 35.4 Å². The molecule has 0 saturated heterocycles. The molecule has 1 aliphatic rings. The second kappa shape index (κ2) is 5.92. The van der Waals surface area contributed by atoms with E-state index in [1.165, 1.54) is 19.9 Å². The number of hydrogen-bond acceptors (Lipinski definition) is 6. The van der Waals surface area contributed by atoms with Crippen LogP contribution >= 0.6 is 15.9 Å². The fourth-order valence-electron chi connectivity index (χ4n) is 1.14. The van der Waals surface area contributed by atoms with Crippen molar-refractivity contribution >= 4 is 33.7 Å². The van der Waals surface area contributed by atoms with Gasteiger partial charge in [-0.15, -0.1) is 0 Å². The van der Waals surface area contributed by atoms with Gasteiger partial charge in [-0.2, -0.15) is 0 Å². The van der Waals surface area contributed by atoms with Crippen molar-refractivity contribution in [1.82, 2.24) is 0 Å². The Morgan fingerprint density at radius 2 is 2.06 bits per heavy atom. The third-order valence-electron chi connectivity index (χ3n) is 1.79. The zero-order chi connectivity index (χ0) is 13.0. The van der Waals surface area contributed by atoms with E-state index in [0.29, 0.717) is 0 Å². The summed E-state index contributed by atoms with van der Waals surface area (Å²) in [5, 5.41) is -0.914. The number of rotatable bonds is 3. The van der Waals surface area contributed by atoms with Crippen LogP contribution in [-0.2, 0) is 28.6 Å². The molecule has 0 aromatic carbocycles. The van der Waals surface area contributed by atoms with E-state index in [1.54, 1.807) is 0 Å². The normalized spacial score (nSPS) is 23.9. The summed E-state index contributed by atoms with van der Waals surface area (Å²) in [6, 6.07) is 0. The minimum Gasteiger partial charge on any atom is -0.463 e. The van der Waals surface area contributed by atoms with Crippen molar-refractivity contribution in [3.05, 3.63) is 11.8 Å². The molecule has 7 heteroatoms. The van der Waals surface area contributed by atoms with Gasteiger partial charge in [0.25, 0.3) is 0 Å². The number of alkyl halides is 1. The Balaban J connectivity index is 2.73. The van der Waals surface area contributed by atoms with Crippen molar-refractivity contribution in [2.75, 3.05) is 6.61 Å². The van der Waals surface area contributed by atoms with E-state index in [9.17, 15) is 14.4 Å². The molecule has 94 valence electrons. The fourth-order valence-corrected chi connectivity index (χ4v) is 1.65. The largest absolute Gasteiger partial charge is 0.463 e. The summed E-state index contributed by atoms with van der Waals surface area (Å²) >= 11 is 2.99. The predicted octanol–water partition coefficient (Wildman–Crippen LogP) is 0.685. The average Bonchev–Trinajstić information content (AvgIpc) is 2.21. The van der Waals surface area contributed by atoms with Crippen molar-refractivity contribution < 1.29 is 28.6 Å². The minimum absolute atomic E-state index is 0.0462. The lowest BCUT2D eigenvalue weighted by Crippen LogP contribution is -2.34. The van der Waals surface area contributed by atoms with Crippen LogP contribution in [0.4, 0.5) is 0 Å². The van der Waals surface area contributed by atoms with Gasteiger partial charge in [0.05, 0.1) is 0 Å². The van der Waals surface area contributed by atoms with E-state index in [0.717, 1.165) is 0 Å². The monoisotopic (exact) mass is 306 g/mol. The average molecular weight is 307 g/mol. The maximum atomic E-state index is 11.5. The first-order chi connectivity index (χ1) is 7.90. The molecule has 0 bridgehead atoms. The number of ketones is 1. The van der Waals surface area contributed by atoms with Crippen LogP contribution in [0.1, 0.15) is 13.8 Å². The number of ether oxygens (including phenoxy) is 3. The Bertz CT molecular complexity index is 375. The highest BCUT2D eigenvalue weighted by Gasteiger charge is 2.31. The fraction of sp³-hybridized carbons (Fsp3) is 0.500. The van der Waals surface area contributed by atoms with Crippen LogP contribution in [0.2, 0.25) is 0 Å². The zero-order valence-electron chi connectivity index (χ0n) is 9.27. The molecule has 0 aromatic rings. The smallest absolute Gasteiger partial charge is 0.308 e. The predicted molar refractivity (Wildman–Crippen MR) is 59.1 cm³/mol. The maximum absolute atomic E-state index is 11.5. The Hall–Kier alpha value is -1.21. The van der Waals surface area contributed by atoms with Crippen LogP contribution in [0.5, 0.6) is 0 Å². The van der Waals surface area contributed by atoms with Crippen molar-refractivity contribution in [1.29, 1.82) is 0 Å². The summed E-state index contributed by atoms with van der Waals surface area (Å²) in [6.45, 7) is 2.40. The Morgan fingerprint density at radius 3 is 2.59 bits per heavy atom. The molecule has 0 N–H and O–H groups in total. The highest BCUT2D eigenvalue weighted by atomic mass is 79.9. The summed E-state index contributed by atoms with van der Waals surface area (Å²) in [7, 11) is 0. The highest BCUT2D eigenvalue weighted by Crippen LogP contribution is 2.21. The van der Waals surface area contributed by atoms with Gasteiger partial charge in [-0.25, -0.2) is 0 Å². The first-order valence-corrected chi connectivity index (χ1v) is 5.69. The molecule has 0 amide bonds. The Kier molecular flexibility index (Phi) is 4.83. The van der Waals surface area contributed by atoms with Crippen molar-refractivity contribution in [2.45, 2.75) is 25.0 Å². The first kappa shape index (κ1) is 13.9. The number of Topliss-reactive ketones (excluding diaryl/α,β-unsaturated/α-hetero) is 1. The molecule has 0 aromatic heterocycles. The molecule has 1 aliphatic heterocycles. The quantitative estimate of drug-likeness (QED) is 0.564. The number of hydrogen-bond donors (Lipinski definition) is 0. The van der Waals surface area contributed by atoms with Gasteiger partial charge in [0.15, 0.2) is 10.8 Å². The SMILES string of the molecule is CC(=O)OC[C@H]1C=C(OC(C)=O)C(=O)[C@@H](Br)O1. The van der Waals surface area contributed by atoms with Gasteiger partial charge >= 0.3 is 11.9 Å². The van der Waals surface area contributed by atoms with Gasteiger partial charge in [-0.05, 0) is 22.0 Å². The van der Waals surface area contributed by atoms with E-state index in [1.807, 2.05) is 0 Å². The third-order valence-corrected chi connectivity index (χ3v) is 2.42. The van der Waals surface area contributed by atoms with E-state index in [4.69, 9.17) is 14.2 Å². The lowest BCUT2D eigenvalue weighted by Gasteiger charge is -2.23. The molecule has 0 aliphatic carbocycles. The van der Waals surface area contributed by atoms with E-state index < -0.39 is 28.8 Å². The van der Waals surface area contributed by atoms with Crippen molar-refractivity contribution in [3.8, 4) is 0 Å². The summed E-state index contributed by atoms with van der Waals surface area (Å²) in [6.07, 6.45) is 0.681. The van der Waals surface area contributed by atoms with Crippen molar-refractivity contribution in [3.63, 3.8) is 0 Å². The van der Waals surface area contributed by atoms with Crippen LogP contribution in [0.15, 0.2) is 11.8 Å². The Labute approximate surface area is 106 Å². The van der Waals surface area contributed by atoms with E-state index >= 15 is 0 Å². The summed E-state index contributed by atoms with van der Waals surface area (Å²) in [5.74, 6) is -1.65. The zero-order valence-corrected chi connectivity index (χ0v) is 10.9. The lowest BCUT2D eigenvalue weighted by molar-refractivity contribution is -0.149. The molecule has 0 spiro atoms. The minimum atomic E-state index is -0.914. The second-order valence-corrected chi connectivity index (χ2v) is 4.11. The Morgan fingerprint density at radius 1 is 1.41 bits per heavy atom. The third kappa shape index (κ3) is 4.27. The maximum Gasteiger partial charge on any atom is 0.308 e. The van der Waals surface area contributed by atoms with Gasteiger partial charge in [0.1, 0.15) is 12.7 Å². The van der Waals surface area contributed by atoms with Gasteiger partial charge in [-0.1, -0.05) is 0 Å². The standard InChI is InChI=1S/C10H11BrO6/c1-5(12)15-4-7-3-8(16-6(2)13)9(14)10(11)17-7/h3,7,10H,4H2,1-2H3/t7-,10+/m1/s1. The number of carbonyl (C=O) groups is 3. The van der Waals surface area contributed by atoms with Crippen LogP contribution in [0.25, 0.3) is 0 Å². The molecule has 2 atom stereocenters. The summed E-state index contributed by atoms with van der Waals surface area (Å²) in [5.41, 5.74) is 0. The van der Waals surface area contributed by atoms with E-state index in [-0.39, 0.29) is 12.4 Å². The molecule has 0 unspecified atom stereocenters. The molecule has 1 rings (SSSR count). The van der Waals surface area contributed by atoms with E-state index in [2.05, 4.69) is 15.9 Å². The molecule has 0 radical (unpaired) electrons. The summed E-state index contributed by atoms with van der Waals surface area (Å²) < 4.78 is 14.7. The number of esters is 2. The second-order valence-electron chi connectivity index (χ2n) is 3.28. The number of carbonyl (C=O) groups excluding carboxylic acids is 3. The number of halogens is 1. The van der Waals surface area contributed by atoms with Gasteiger partial charge in [0, 0.05) is 13.8 Å². The molecule has 0 fully saturated rings. The van der Waals surface area contributed by atoms with Gasteiger partial charge < -0.3 is 14.2 Å². The molecule has 6 nitrogen and oxygen atoms in total.